The van der Waals surface area contributed by atoms with Crippen molar-refractivity contribution in [3.8, 4) is 0 Å². The minimum atomic E-state index is 0. The first-order valence-electron chi connectivity index (χ1n) is 8.05. The Morgan fingerprint density at radius 2 is 1.50 bits per heavy atom. The van der Waals surface area contributed by atoms with Crippen molar-refractivity contribution in [2.24, 2.45) is 5.73 Å². The van der Waals surface area contributed by atoms with Gasteiger partial charge in [-0.1, -0.05) is 60.7 Å². The number of carbonyl (C=O) groups excluding carboxylic acids is 1. The van der Waals surface area contributed by atoms with Gasteiger partial charge in [-0.3, -0.25) is 9.69 Å². The molecule has 3 N–H and O–H groups in total. The van der Waals surface area contributed by atoms with Crippen LogP contribution in [0.4, 0.5) is 0 Å². The monoisotopic (exact) mass is 347 g/mol. The van der Waals surface area contributed by atoms with Gasteiger partial charge in [0, 0.05) is 26.2 Å². The maximum Gasteiger partial charge on any atom is 0.234 e. The molecule has 24 heavy (non-hydrogen) atoms. The minimum Gasteiger partial charge on any atom is -0.351 e. The van der Waals surface area contributed by atoms with Crippen LogP contribution >= 0.6 is 12.4 Å². The van der Waals surface area contributed by atoms with Crippen molar-refractivity contribution in [2.45, 2.75) is 13.0 Å². The SMILES string of the molecule is Cl.NCCN(CCc1ccccc1)CC(=O)NCc1ccccc1. The van der Waals surface area contributed by atoms with Crippen LogP contribution in [-0.2, 0) is 17.8 Å². The molecule has 2 rings (SSSR count). The van der Waals surface area contributed by atoms with Crippen LogP contribution in [-0.4, -0.2) is 37.0 Å². The summed E-state index contributed by atoms with van der Waals surface area (Å²) in [7, 11) is 0. The van der Waals surface area contributed by atoms with Gasteiger partial charge in [-0.15, -0.1) is 12.4 Å². The van der Waals surface area contributed by atoms with Crippen molar-refractivity contribution in [1.82, 2.24) is 10.2 Å². The molecule has 0 aliphatic carbocycles. The summed E-state index contributed by atoms with van der Waals surface area (Å²) >= 11 is 0. The Kier molecular flexibility index (Phi) is 9.77. The molecule has 0 aromatic heterocycles. The zero-order valence-electron chi connectivity index (χ0n) is 13.9. The molecule has 0 saturated heterocycles. The fourth-order valence-corrected chi connectivity index (χ4v) is 2.44. The first kappa shape index (κ1) is 20.2. The van der Waals surface area contributed by atoms with Gasteiger partial charge < -0.3 is 11.1 Å². The molecule has 1 amide bonds. The van der Waals surface area contributed by atoms with Crippen molar-refractivity contribution in [3.63, 3.8) is 0 Å². The fourth-order valence-electron chi connectivity index (χ4n) is 2.44. The first-order chi connectivity index (χ1) is 11.3. The van der Waals surface area contributed by atoms with E-state index in [1.165, 1.54) is 5.56 Å². The second kappa shape index (κ2) is 11.6. The zero-order chi connectivity index (χ0) is 16.3. The van der Waals surface area contributed by atoms with Crippen LogP contribution in [0.1, 0.15) is 11.1 Å². The Morgan fingerprint density at radius 1 is 0.917 bits per heavy atom. The van der Waals surface area contributed by atoms with E-state index in [1.807, 2.05) is 48.5 Å². The third-order valence-electron chi connectivity index (χ3n) is 3.70. The van der Waals surface area contributed by atoms with Crippen molar-refractivity contribution in [1.29, 1.82) is 0 Å². The number of nitrogens with two attached hydrogens (primary N) is 1. The number of hydrogen-bond acceptors (Lipinski definition) is 3. The maximum absolute atomic E-state index is 12.1. The van der Waals surface area contributed by atoms with E-state index in [9.17, 15) is 4.79 Å². The molecule has 0 aliphatic heterocycles. The molecule has 5 heteroatoms. The Morgan fingerprint density at radius 3 is 2.08 bits per heavy atom. The van der Waals surface area contributed by atoms with Gasteiger partial charge in [0.2, 0.25) is 5.91 Å². The van der Waals surface area contributed by atoms with Crippen molar-refractivity contribution < 1.29 is 4.79 Å². The highest BCUT2D eigenvalue weighted by molar-refractivity contribution is 5.85. The Bertz CT molecular complexity index is 578. The van der Waals surface area contributed by atoms with Gasteiger partial charge >= 0.3 is 0 Å². The highest BCUT2D eigenvalue weighted by Gasteiger charge is 2.10. The topological polar surface area (TPSA) is 58.4 Å². The number of rotatable bonds is 9. The number of amides is 1. The summed E-state index contributed by atoms with van der Waals surface area (Å²) in [6.45, 7) is 3.07. The standard InChI is InChI=1S/C19H25N3O.ClH/c20-12-14-22(13-11-17-7-3-1-4-8-17)16-19(23)21-15-18-9-5-2-6-10-18;/h1-10H,11-16,20H2,(H,21,23);1H. The van der Waals surface area contributed by atoms with Gasteiger partial charge in [0.05, 0.1) is 6.54 Å². The van der Waals surface area contributed by atoms with Crippen LogP contribution in [0.15, 0.2) is 60.7 Å². The average molecular weight is 348 g/mol. The molecular weight excluding hydrogens is 322 g/mol. The Balaban J connectivity index is 0.00000288. The molecule has 2 aromatic carbocycles. The molecule has 0 aliphatic rings. The zero-order valence-corrected chi connectivity index (χ0v) is 14.7. The van der Waals surface area contributed by atoms with Crippen molar-refractivity contribution in [3.05, 3.63) is 71.8 Å². The number of benzene rings is 2. The van der Waals surface area contributed by atoms with Crippen LogP contribution in [0.25, 0.3) is 0 Å². The molecule has 0 heterocycles. The van der Waals surface area contributed by atoms with Crippen molar-refractivity contribution >= 4 is 18.3 Å². The largest absolute Gasteiger partial charge is 0.351 e. The average Bonchev–Trinajstić information content (AvgIpc) is 2.60. The van der Waals surface area contributed by atoms with E-state index in [0.29, 0.717) is 19.6 Å². The van der Waals surface area contributed by atoms with E-state index >= 15 is 0 Å². The molecule has 0 saturated carbocycles. The normalized spacial score (nSPS) is 10.2. The van der Waals surface area contributed by atoms with Crippen LogP contribution in [0.5, 0.6) is 0 Å². The number of halogens is 1. The fraction of sp³-hybridized carbons (Fsp3) is 0.316. The molecule has 2 aromatic rings. The van der Waals surface area contributed by atoms with E-state index in [0.717, 1.165) is 25.1 Å². The Labute approximate surface area is 150 Å². The van der Waals surface area contributed by atoms with E-state index in [4.69, 9.17) is 5.73 Å². The van der Waals surface area contributed by atoms with Crippen LogP contribution < -0.4 is 11.1 Å². The summed E-state index contributed by atoms with van der Waals surface area (Å²) in [4.78, 5) is 14.2. The lowest BCUT2D eigenvalue weighted by molar-refractivity contribution is -0.122. The summed E-state index contributed by atoms with van der Waals surface area (Å²) in [6.07, 6.45) is 0.923. The summed E-state index contributed by atoms with van der Waals surface area (Å²) in [5, 5.41) is 2.96. The van der Waals surface area contributed by atoms with Crippen molar-refractivity contribution in [2.75, 3.05) is 26.2 Å². The molecule has 0 radical (unpaired) electrons. The summed E-state index contributed by atoms with van der Waals surface area (Å²) in [5.41, 5.74) is 8.05. The van der Waals surface area contributed by atoms with Gasteiger partial charge in [-0.05, 0) is 17.5 Å². The highest BCUT2D eigenvalue weighted by atomic mass is 35.5. The van der Waals surface area contributed by atoms with Gasteiger partial charge in [0.1, 0.15) is 0 Å². The molecule has 130 valence electrons. The lowest BCUT2D eigenvalue weighted by atomic mass is 10.1. The molecule has 0 atom stereocenters. The highest BCUT2D eigenvalue weighted by Crippen LogP contribution is 2.02. The summed E-state index contributed by atoms with van der Waals surface area (Å²) < 4.78 is 0. The molecular formula is C19H26ClN3O. The van der Waals surface area contributed by atoms with Crippen LogP contribution in [0.2, 0.25) is 0 Å². The second-order valence-corrected chi connectivity index (χ2v) is 5.56. The Hall–Kier alpha value is -1.88. The third kappa shape index (κ3) is 7.59. The van der Waals surface area contributed by atoms with Gasteiger partial charge in [0.25, 0.3) is 0 Å². The van der Waals surface area contributed by atoms with E-state index in [-0.39, 0.29) is 18.3 Å². The third-order valence-corrected chi connectivity index (χ3v) is 3.70. The number of nitrogens with zero attached hydrogens (tertiary/aromatic N) is 1. The molecule has 4 nitrogen and oxygen atoms in total. The number of hydrogen-bond donors (Lipinski definition) is 2. The number of carbonyl (C=O) groups is 1. The summed E-state index contributed by atoms with van der Waals surface area (Å²) in [6, 6.07) is 20.2. The molecule has 0 bridgehead atoms. The minimum absolute atomic E-state index is 0. The maximum atomic E-state index is 12.1. The van der Waals surface area contributed by atoms with E-state index in [1.54, 1.807) is 0 Å². The van der Waals surface area contributed by atoms with Crippen LogP contribution in [0.3, 0.4) is 0 Å². The first-order valence-corrected chi connectivity index (χ1v) is 8.05. The predicted octanol–water partition coefficient (Wildman–Crippen LogP) is 2.23. The van der Waals surface area contributed by atoms with Gasteiger partial charge in [-0.2, -0.15) is 0 Å². The summed E-state index contributed by atoms with van der Waals surface area (Å²) in [5.74, 6) is 0.0374. The lowest BCUT2D eigenvalue weighted by Crippen LogP contribution is -2.40. The second-order valence-electron chi connectivity index (χ2n) is 5.56. The van der Waals surface area contributed by atoms with Gasteiger partial charge in [-0.25, -0.2) is 0 Å². The quantitative estimate of drug-likeness (QED) is 0.731. The van der Waals surface area contributed by atoms with Crippen LogP contribution in [0, 0.1) is 0 Å². The van der Waals surface area contributed by atoms with E-state index in [2.05, 4.69) is 22.3 Å². The van der Waals surface area contributed by atoms with E-state index < -0.39 is 0 Å². The number of nitrogens with one attached hydrogen (secondary N) is 1. The predicted molar refractivity (Wildman–Crippen MR) is 101 cm³/mol. The molecule has 0 fully saturated rings. The molecule has 0 spiro atoms. The lowest BCUT2D eigenvalue weighted by Gasteiger charge is -2.21. The van der Waals surface area contributed by atoms with Gasteiger partial charge in [0.15, 0.2) is 0 Å². The smallest absolute Gasteiger partial charge is 0.234 e. The molecule has 0 unspecified atom stereocenters.